The largest absolute Gasteiger partial charge is 0.374 e. The van der Waals surface area contributed by atoms with Crippen molar-refractivity contribution >= 4 is 0 Å². The zero-order valence-electron chi connectivity index (χ0n) is 12.4. The predicted molar refractivity (Wildman–Crippen MR) is 78.1 cm³/mol. The van der Waals surface area contributed by atoms with Gasteiger partial charge in [-0.3, -0.25) is 0 Å². The molecule has 3 heteroatoms. The van der Waals surface area contributed by atoms with E-state index in [0.717, 1.165) is 31.5 Å². The van der Waals surface area contributed by atoms with Gasteiger partial charge in [-0.2, -0.15) is 0 Å². The van der Waals surface area contributed by atoms with E-state index in [-0.39, 0.29) is 11.1 Å². The lowest BCUT2D eigenvalue weighted by molar-refractivity contribution is 0.00971. The minimum atomic E-state index is 0.0503. The van der Waals surface area contributed by atoms with E-state index in [1.807, 2.05) is 0 Å². The number of hydrogen-bond acceptors (Lipinski definition) is 3. The van der Waals surface area contributed by atoms with E-state index < -0.39 is 0 Å². The molecule has 0 amide bonds. The van der Waals surface area contributed by atoms with Gasteiger partial charge in [0.05, 0.1) is 5.60 Å². The van der Waals surface area contributed by atoms with Crippen molar-refractivity contribution in [1.82, 2.24) is 5.32 Å². The molecule has 3 fully saturated rings. The summed E-state index contributed by atoms with van der Waals surface area (Å²) in [5, 5.41) is 3.83. The summed E-state index contributed by atoms with van der Waals surface area (Å²) >= 11 is 0. The lowest BCUT2D eigenvalue weighted by Gasteiger charge is -2.43. The van der Waals surface area contributed by atoms with E-state index in [1.165, 1.54) is 51.4 Å². The number of nitrogens with two attached hydrogens (primary N) is 1. The van der Waals surface area contributed by atoms with Crippen LogP contribution in [0, 0.1) is 11.8 Å². The first-order valence-corrected chi connectivity index (χ1v) is 8.24. The Bertz CT molecular complexity index is 310. The van der Waals surface area contributed by atoms with E-state index in [9.17, 15) is 0 Å². The average molecular weight is 266 g/mol. The lowest BCUT2D eigenvalue weighted by atomic mass is 9.73. The molecular weight excluding hydrogens is 236 g/mol. The van der Waals surface area contributed by atoms with Gasteiger partial charge in [-0.15, -0.1) is 0 Å². The fourth-order valence-electron chi connectivity index (χ4n) is 4.15. The van der Waals surface area contributed by atoms with Crippen molar-refractivity contribution in [2.75, 3.05) is 19.7 Å². The molecule has 0 aromatic heterocycles. The van der Waals surface area contributed by atoms with E-state index in [2.05, 4.69) is 12.2 Å². The highest BCUT2D eigenvalue weighted by Gasteiger charge is 2.42. The van der Waals surface area contributed by atoms with Gasteiger partial charge in [-0.05, 0) is 57.3 Å². The number of hydrogen-bond donors (Lipinski definition) is 2. The van der Waals surface area contributed by atoms with Crippen molar-refractivity contribution in [2.24, 2.45) is 17.6 Å². The lowest BCUT2D eigenvalue weighted by Crippen LogP contribution is -2.57. The Labute approximate surface area is 117 Å². The first kappa shape index (κ1) is 13.8. The maximum Gasteiger partial charge on any atom is 0.0779 e. The van der Waals surface area contributed by atoms with Crippen LogP contribution < -0.4 is 11.1 Å². The first-order valence-electron chi connectivity index (χ1n) is 8.24. The molecule has 0 aromatic carbocycles. The van der Waals surface area contributed by atoms with Gasteiger partial charge in [0, 0.05) is 25.2 Å². The fourth-order valence-corrected chi connectivity index (χ4v) is 4.15. The quantitative estimate of drug-likeness (QED) is 0.803. The summed E-state index contributed by atoms with van der Waals surface area (Å²) in [5.74, 6) is 1.95. The van der Waals surface area contributed by atoms with Crippen molar-refractivity contribution < 1.29 is 4.74 Å². The van der Waals surface area contributed by atoms with E-state index in [0.29, 0.717) is 0 Å². The summed E-state index contributed by atoms with van der Waals surface area (Å²) in [4.78, 5) is 0. The Morgan fingerprint density at radius 2 is 2.00 bits per heavy atom. The Hall–Kier alpha value is -0.120. The molecular formula is C16H30N2O. The molecule has 1 aliphatic heterocycles. The molecule has 3 aliphatic rings. The molecule has 3 N–H and O–H groups in total. The molecule has 2 saturated carbocycles. The zero-order valence-corrected chi connectivity index (χ0v) is 12.4. The smallest absolute Gasteiger partial charge is 0.0779 e. The molecule has 0 spiro atoms. The third kappa shape index (κ3) is 3.14. The van der Waals surface area contributed by atoms with Crippen molar-refractivity contribution in [1.29, 1.82) is 0 Å². The zero-order chi connectivity index (χ0) is 13.3. The summed E-state index contributed by atoms with van der Waals surface area (Å²) < 4.78 is 5.90. The Kier molecular flexibility index (Phi) is 3.89. The SMILES string of the molecule is CC1(CNC2(CN)CCCC(C3CC3)C2)CCCO1. The number of nitrogens with one attached hydrogen (secondary N) is 1. The first-order chi connectivity index (χ1) is 9.15. The number of ether oxygens (including phenoxy) is 1. The van der Waals surface area contributed by atoms with Gasteiger partial charge in [0.25, 0.3) is 0 Å². The summed E-state index contributed by atoms with van der Waals surface area (Å²) in [6.07, 6.45) is 10.7. The maximum absolute atomic E-state index is 6.15. The normalized spacial score (nSPS) is 43.6. The van der Waals surface area contributed by atoms with Crippen LogP contribution in [-0.4, -0.2) is 30.8 Å². The van der Waals surface area contributed by atoms with Crippen LogP contribution in [0.25, 0.3) is 0 Å². The molecule has 110 valence electrons. The summed E-state index contributed by atoms with van der Waals surface area (Å²) in [7, 11) is 0. The minimum absolute atomic E-state index is 0.0503. The average Bonchev–Trinajstić information content (AvgIpc) is 3.20. The van der Waals surface area contributed by atoms with Gasteiger partial charge < -0.3 is 15.8 Å². The van der Waals surface area contributed by atoms with Gasteiger partial charge in [-0.1, -0.05) is 12.8 Å². The second-order valence-electron chi connectivity index (χ2n) is 7.43. The second kappa shape index (κ2) is 5.34. The standard InChI is InChI=1S/C16H30N2O/c1-15(7-3-9-19-15)12-18-16(11-17)8-2-4-14(10-16)13-5-6-13/h13-14,18H,2-12,17H2,1H3. The molecule has 2 aliphatic carbocycles. The maximum atomic E-state index is 6.15. The van der Waals surface area contributed by atoms with Crippen molar-refractivity contribution in [3.63, 3.8) is 0 Å². The van der Waals surface area contributed by atoms with Crippen LogP contribution in [0.3, 0.4) is 0 Å². The Morgan fingerprint density at radius 1 is 1.16 bits per heavy atom. The van der Waals surface area contributed by atoms with E-state index >= 15 is 0 Å². The molecule has 3 atom stereocenters. The highest BCUT2D eigenvalue weighted by molar-refractivity contribution is 5.00. The molecule has 3 rings (SSSR count). The van der Waals surface area contributed by atoms with E-state index in [4.69, 9.17) is 10.5 Å². The van der Waals surface area contributed by atoms with Gasteiger partial charge in [0.2, 0.25) is 0 Å². The van der Waals surface area contributed by atoms with E-state index in [1.54, 1.807) is 0 Å². The Balaban J connectivity index is 1.58. The van der Waals surface area contributed by atoms with Crippen LogP contribution >= 0.6 is 0 Å². The predicted octanol–water partition coefficient (Wildman–Crippen LogP) is 2.44. The summed E-state index contributed by atoms with van der Waals surface area (Å²) in [6.45, 7) is 4.94. The minimum Gasteiger partial charge on any atom is -0.374 e. The van der Waals surface area contributed by atoms with Crippen LogP contribution in [0.2, 0.25) is 0 Å². The van der Waals surface area contributed by atoms with Crippen LogP contribution in [0.15, 0.2) is 0 Å². The monoisotopic (exact) mass is 266 g/mol. The second-order valence-corrected chi connectivity index (χ2v) is 7.43. The van der Waals surface area contributed by atoms with Crippen LogP contribution in [0.1, 0.15) is 58.3 Å². The van der Waals surface area contributed by atoms with Crippen molar-refractivity contribution in [3.8, 4) is 0 Å². The fraction of sp³-hybridized carbons (Fsp3) is 1.00. The third-order valence-electron chi connectivity index (χ3n) is 5.70. The van der Waals surface area contributed by atoms with Crippen molar-refractivity contribution in [2.45, 2.75) is 69.4 Å². The van der Waals surface area contributed by atoms with Crippen LogP contribution in [0.4, 0.5) is 0 Å². The summed E-state index contributed by atoms with van der Waals surface area (Å²) in [5.41, 5.74) is 6.39. The summed E-state index contributed by atoms with van der Waals surface area (Å²) in [6, 6.07) is 0. The van der Waals surface area contributed by atoms with Crippen LogP contribution in [0.5, 0.6) is 0 Å². The highest BCUT2D eigenvalue weighted by Crippen LogP contribution is 2.46. The molecule has 1 saturated heterocycles. The Morgan fingerprint density at radius 3 is 2.63 bits per heavy atom. The van der Waals surface area contributed by atoms with Gasteiger partial charge >= 0.3 is 0 Å². The number of rotatable bonds is 5. The van der Waals surface area contributed by atoms with Gasteiger partial charge in [0.15, 0.2) is 0 Å². The molecule has 3 unspecified atom stereocenters. The highest BCUT2D eigenvalue weighted by atomic mass is 16.5. The van der Waals surface area contributed by atoms with Gasteiger partial charge in [0.1, 0.15) is 0 Å². The molecule has 0 aromatic rings. The van der Waals surface area contributed by atoms with Gasteiger partial charge in [-0.25, -0.2) is 0 Å². The molecule has 19 heavy (non-hydrogen) atoms. The molecule has 3 nitrogen and oxygen atoms in total. The molecule has 0 radical (unpaired) electrons. The topological polar surface area (TPSA) is 47.3 Å². The molecule has 1 heterocycles. The van der Waals surface area contributed by atoms with Crippen molar-refractivity contribution in [3.05, 3.63) is 0 Å². The third-order valence-corrected chi connectivity index (χ3v) is 5.70. The van der Waals surface area contributed by atoms with Crippen LogP contribution in [-0.2, 0) is 4.74 Å². The molecule has 0 bridgehead atoms.